The smallest absolute Gasteiger partial charge is 0.125 e. The van der Waals surface area contributed by atoms with Crippen LogP contribution >= 0.6 is 0 Å². The van der Waals surface area contributed by atoms with E-state index in [0.717, 1.165) is 16.9 Å². The summed E-state index contributed by atoms with van der Waals surface area (Å²) in [5, 5.41) is 0. The molecule has 0 fully saturated rings. The van der Waals surface area contributed by atoms with Crippen molar-refractivity contribution in [3.05, 3.63) is 28.8 Å². The maximum Gasteiger partial charge on any atom is 0.125 e. The van der Waals surface area contributed by atoms with E-state index in [1.807, 2.05) is 13.8 Å². The molecule has 0 aliphatic carbocycles. The molecule has 1 rings (SSSR count). The van der Waals surface area contributed by atoms with Crippen molar-refractivity contribution in [1.29, 1.82) is 0 Å². The second-order valence-electron chi connectivity index (χ2n) is 5.23. The molecule has 16 heavy (non-hydrogen) atoms. The van der Waals surface area contributed by atoms with Crippen molar-refractivity contribution >= 4 is 0 Å². The van der Waals surface area contributed by atoms with E-state index in [1.165, 1.54) is 5.56 Å². The number of aryl methyl sites for hydroxylation is 2. The Kier molecular flexibility index (Phi) is 3.95. The van der Waals surface area contributed by atoms with Crippen molar-refractivity contribution in [2.45, 2.75) is 40.0 Å². The number of rotatable bonds is 3. The Morgan fingerprint density at radius 1 is 1.12 bits per heavy atom. The molecule has 0 amide bonds. The summed E-state index contributed by atoms with van der Waals surface area (Å²) < 4.78 is 17.5. The lowest BCUT2D eigenvalue weighted by Crippen LogP contribution is -2.12. The summed E-state index contributed by atoms with van der Waals surface area (Å²) in [6.45, 7) is 10.3. The van der Waals surface area contributed by atoms with Crippen LogP contribution < -0.4 is 4.74 Å². The van der Waals surface area contributed by atoms with Gasteiger partial charge in [0.25, 0.3) is 0 Å². The van der Waals surface area contributed by atoms with E-state index in [4.69, 9.17) is 4.74 Å². The normalized spacial score (nSPS) is 11.6. The van der Waals surface area contributed by atoms with E-state index >= 15 is 0 Å². The fourth-order valence-corrected chi connectivity index (χ4v) is 1.75. The van der Waals surface area contributed by atoms with Gasteiger partial charge in [-0.3, -0.25) is 0 Å². The summed E-state index contributed by atoms with van der Waals surface area (Å²) in [7, 11) is 0. The van der Waals surface area contributed by atoms with E-state index in [2.05, 4.69) is 32.9 Å². The highest BCUT2D eigenvalue weighted by Gasteiger charge is 2.16. The average Bonchev–Trinajstić information content (AvgIpc) is 2.15. The molecule has 2 heteroatoms. The summed E-state index contributed by atoms with van der Waals surface area (Å²) in [6.07, 6.45) is 0. The van der Waals surface area contributed by atoms with Crippen molar-refractivity contribution in [2.24, 2.45) is 0 Å². The van der Waals surface area contributed by atoms with Gasteiger partial charge in [-0.25, -0.2) is 4.39 Å². The third-order valence-corrected chi connectivity index (χ3v) is 2.65. The van der Waals surface area contributed by atoms with Crippen molar-refractivity contribution < 1.29 is 9.13 Å². The van der Waals surface area contributed by atoms with Crippen LogP contribution in [0.15, 0.2) is 12.1 Å². The standard InChI is InChI=1S/C14H21FO/c1-10-8-12(14(3,4)5)9-11(2)13(10)16-7-6-15/h8-9H,6-7H2,1-5H3. The maximum atomic E-state index is 12.1. The molecule has 0 N–H and O–H groups in total. The molecule has 1 aromatic carbocycles. The SMILES string of the molecule is Cc1cc(C(C)(C)C)cc(C)c1OCCF. The first kappa shape index (κ1) is 13.0. The van der Waals surface area contributed by atoms with Crippen LogP contribution in [0.5, 0.6) is 5.75 Å². The highest BCUT2D eigenvalue weighted by atomic mass is 19.1. The third-order valence-electron chi connectivity index (χ3n) is 2.65. The van der Waals surface area contributed by atoms with Gasteiger partial charge in [-0.2, -0.15) is 0 Å². The number of halogens is 1. The zero-order valence-corrected chi connectivity index (χ0v) is 10.9. The maximum absolute atomic E-state index is 12.1. The van der Waals surface area contributed by atoms with E-state index in [0.29, 0.717) is 0 Å². The number of hydrogen-bond acceptors (Lipinski definition) is 1. The topological polar surface area (TPSA) is 9.23 Å². The minimum absolute atomic E-state index is 0.133. The largest absolute Gasteiger partial charge is 0.490 e. The lowest BCUT2D eigenvalue weighted by atomic mass is 9.85. The Bertz CT molecular complexity index is 340. The molecule has 0 atom stereocenters. The van der Waals surface area contributed by atoms with Gasteiger partial charge in [0.05, 0.1) is 0 Å². The van der Waals surface area contributed by atoms with Crippen LogP contribution in [-0.4, -0.2) is 13.3 Å². The van der Waals surface area contributed by atoms with Gasteiger partial charge in [-0.05, 0) is 36.0 Å². The summed E-state index contributed by atoms with van der Waals surface area (Å²) in [4.78, 5) is 0. The van der Waals surface area contributed by atoms with Crippen LogP contribution in [0.25, 0.3) is 0 Å². The molecular formula is C14H21FO. The Morgan fingerprint density at radius 2 is 1.62 bits per heavy atom. The molecule has 0 spiro atoms. The first-order valence-electron chi connectivity index (χ1n) is 5.66. The lowest BCUT2D eigenvalue weighted by molar-refractivity contribution is 0.270. The van der Waals surface area contributed by atoms with Gasteiger partial charge in [-0.1, -0.05) is 32.9 Å². The first-order valence-corrected chi connectivity index (χ1v) is 5.66. The molecule has 0 aromatic heterocycles. The number of alkyl halides is 1. The summed E-state index contributed by atoms with van der Waals surface area (Å²) in [5.41, 5.74) is 3.58. The predicted molar refractivity (Wildman–Crippen MR) is 66.1 cm³/mol. The van der Waals surface area contributed by atoms with E-state index in [9.17, 15) is 4.39 Å². The lowest BCUT2D eigenvalue weighted by Gasteiger charge is -2.22. The van der Waals surface area contributed by atoms with Gasteiger partial charge < -0.3 is 4.74 Å². The summed E-state index contributed by atoms with van der Waals surface area (Å²) in [5.74, 6) is 0.825. The van der Waals surface area contributed by atoms with Gasteiger partial charge in [0.15, 0.2) is 0 Å². The van der Waals surface area contributed by atoms with Crippen LogP contribution in [0.1, 0.15) is 37.5 Å². The van der Waals surface area contributed by atoms with Crippen LogP contribution in [0.3, 0.4) is 0 Å². The molecule has 90 valence electrons. The Balaban J connectivity index is 3.08. The van der Waals surface area contributed by atoms with Gasteiger partial charge in [0.2, 0.25) is 0 Å². The van der Waals surface area contributed by atoms with Crippen LogP contribution in [0.2, 0.25) is 0 Å². The molecule has 0 unspecified atom stereocenters. The second kappa shape index (κ2) is 4.86. The molecule has 1 aromatic rings. The molecule has 0 radical (unpaired) electrons. The molecule has 0 aliphatic heterocycles. The minimum atomic E-state index is -0.445. The molecule has 0 bridgehead atoms. The quantitative estimate of drug-likeness (QED) is 0.755. The van der Waals surface area contributed by atoms with Crippen molar-refractivity contribution in [1.82, 2.24) is 0 Å². The first-order chi connectivity index (χ1) is 7.36. The molecule has 0 aliphatic rings. The number of benzene rings is 1. The molecule has 0 saturated heterocycles. The number of ether oxygens (including phenoxy) is 1. The number of hydrogen-bond donors (Lipinski definition) is 0. The van der Waals surface area contributed by atoms with E-state index < -0.39 is 6.67 Å². The van der Waals surface area contributed by atoms with E-state index in [1.54, 1.807) is 0 Å². The molecule has 0 heterocycles. The molecule has 0 saturated carbocycles. The van der Waals surface area contributed by atoms with Crippen LogP contribution in [0, 0.1) is 13.8 Å². The highest BCUT2D eigenvalue weighted by molar-refractivity contribution is 5.45. The predicted octanol–water partition coefficient (Wildman–Crippen LogP) is 3.95. The average molecular weight is 224 g/mol. The van der Waals surface area contributed by atoms with Gasteiger partial charge in [0.1, 0.15) is 19.0 Å². The van der Waals surface area contributed by atoms with Crippen LogP contribution in [0.4, 0.5) is 4.39 Å². The minimum Gasteiger partial charge on any atom is -0.490 e. The van der Waals surface area contributed by atoms with Crippen molar-refractivity contribution in [3.8, 4) is 5.75 Å². The molecule has 1 nitrogen and oxygen atoms in total. The van der Waals surface area contributed by atoms with Crippen LogP contribution in [-0.2, 0) is 5.41 Å². The summed E-state index contributed by atoms with van der Waals surface area (Å²) >= 11 is 0. The fourth-order valence-electron chi connectivity index (χ4n) is 1.75. The van der Waals surface area contributed by atoms with Gasteiger partial charge in [0, 0.05) is 0 Å². The van der Waals surface area contributed by atoms with Crippen molar-refractivity contribution in [3.63, 3.8) is 0 Å². The van der Waals surface area contributed by atoms with Crippen molar-refractivity contribution in [2.75, 3.05) is 13.3 Å². The zero-order chi connectivity index (χ0) is 12.3. The summed E-state index contributed by atoms with van der Waals surface area (Å²) in [6, 6.07) is 4.25. The van der Waals surface area contributed by atoms with Gasteiger partial charge in [-0.15, -0.1) is 0 Å². The highest BCUT2D eigenvalue weighted by Crippen LogP contribution is 2.30. The Morgan fingerprint density at radius 3 is 2.00 bits per heavy atom. The second-order valence-corrected chi connectivity index (χ2v) is 5.23. The van der Waals surface area contributed by atoms with E-state index in [-0.39, 0.29) is 12.0 Å². The fraction of sp³-hybridized carbons (Fsp3) is 0.571. The Labute approximate surface area is 97.6 Å². The van der Waals surface area contributed by atoms with Gasteiger partial charge >= 0.3 is 0 Å². The third kappa shape index (κ3) is 2.97. The molecular weight excluding hydrogens is 203 g/mol. The Hall–Kier alpha value is -1.05. The monoisotopic (exact) mass is 224 g/mol. The zero-order valence-electron chi connectivity index (χ0n) is 10.9.